The molecule has 8 nitrogen and oxygen atoms in total. The molecule has 9 heteroatoms. The Balaban J connectivity index is 0.00000176. The van der Waals surface area contributed by atoms with Crippen molar-refractivity contribution in [1.29, 1.82) is 0 Å². The molecule has 0 radical (unpaired) electrons. The molecule has 1 aromatic rings. The Morgan fingerprint density at radius 2 is 1.91 bits per heavy atom. The van der Waals surface area contributed by atoms with E-state index in [1.165, 1.54) is 0 Å². The van der Waals surface area contributed by atoms with Gasteiger partial charge in [0.25, 0.3) is 5.91 Å². The number of carbonyl (C=O) groups is 1. The van der Waals surface area contributed by atoms with Crippen molar-refractivity contribution in [2.75, 3.05) is 26.2 Å². The van der Waals surface area contributed by atoms with Gasteiger partial charge in [-0.15, -0.1) is 12.4 Å². The molecule has 2 aliphatic heterocycles. The molecule has 0 unspecified atom stereocenters. The predicted molar refractivity (Wildman–Crippen MR) is 82.2 cm³/mol. The van der Waals surface area contributed by atoms with Gasteiger partial charge in [0.1, 0.15) is 5.69 Å². The van der Waals surface area contributed by atoms with Crippen LogP contribution in [-0.2, 0) is 0 Å². The molecular weight excluding hydrogens is 310 g/mol. The zero-order chi connectivity index (χ0) is 15.0. The number of aryl methyl sites for hydroxylation is 1. The lowest BCUT2D eigenvalue weighted by atomic mass is 9.92. The lowest BCUT2D eigenvalue weighted by Gasteiger charge is -2.19. The van der Waals surface area contributed by atoms with Crippen LogP contribution in [0.15, 0.2) is 0 Å². The number of fused-ring (bicyclic) bond motifs is 1. The quantitative estimate of drug-likeness (QED) is 0.625. The van der Waals surface area contributed by atoms with Gasteiger partial charge in [0.15, 0.2) is 0 Å². The van der Waals surface area contributed by atoms with Gasteiger partial charge in [-0.1, -0.05) is 0 Å². The van der Waals surface area contributed by atoms with Gasteiger partial charge in [-0.05, 0) is 44.7 Å². The summed E-state index contributed by atoms with van der Waals surface area (Å²) >= 11 is 0. The molecule has 1 amide bonds. The van der Waals surface area contributed by atoms with E-state index in [2.05, 4.69) is 15.5 Å². The van der Waals surface area contributed by atoms with Gasteiger partial charge >= 0.3 is 5.69 Å². The average Bonchev–Trinajstić information content (AvgIpc) is 3.00. The van der Waals surface area contributed by atoms with Gasteiger partial charge in [-0.3, -0.25) is 20.0 Å². The second kappa shape index (κ2) is 6.62. The van der Waals surface area contributed by atoms with Crippen molar-refractivity contribution in [2.24, 2.45) is 11.8 Å². The molecule has 2 N–H and O–H groups in total. The minimum Gasteiger partial charge on any atom is -0.337 e. The fourth-order valence-corrected chi connectivity index (χ4v) is 3.37. The van der Waals surface area contributed by atoms with Crippen LogP contribution in [0.3, 0.4) is 0 Å². The number of hydrogen-bond donors (Lipinski definition) is 2. The van der Waals surface area contributed by atoms with E-state index in [1.54, 1.807) is 11.8 Å². The molecule has 2 aliphatic rings. The van der Waals surface area contributed by atoms with Gasteiger partial charge in [0.05, 0.1) is 4.92 Å². The van der Waals surface area contributed by atoms with E-state index in [0.29, 0.717) is 30.6 Å². The number of likely N-dealkylation sites (tertiary alicyclic amines) is 1. The molecular formula is C13H20ClN5O3. The number of rotatable bonds is 2. The Hall–Kier alpha value is -1.67. The number of carbonyl (C=O) groups excluding carboxylic acids is 1. The molecule has 0 aromatic carbocycles. The number of aromatic amines is 1. The van der Waals surface area contributed by atoms with Crippen molar-refractivity contribution in [3.8, 4) is 0 Å². The zero-order valence-electron chi connectivity index (χ0n) is 12.4. The Kier molecular flexibility index (Phi) is 5.02. The van der Waals surface area contributed by atoms with E-state index in [4.69, 9.17) is 0 Å². The third kappa shape index (κ3) is 2.93. The van der Waals surface area contributed by atoms with Gasteiger partial charge in [0.2, 0.25) is 5.69 Å². The summed E-state index contributed by atoms with van der Waals surface area (Å²) in [6.07, 6.45) is 1.89. The highest BCUT2D eigenvalue weighted by molar-refractivity contribution is 5.96. The summed E-state index contributed by atoms with van der Waals surface area (Å²) in [6.45, 7) is 4.86. The van der Waals surface area contributed by atoms with Crippen molar-refractivity contribution in [3.63, 3.8) is 0 Å². The van der Waals surface area contributed by atoms with Crippen molar-refractivity contribution in [3.05, 3.63) is 21.5 Å². The normalized spacial score (nSPS) is 24.3. The Morgan fingerprint density at radius 1 is 1.32 bits per heavy atom. The first-order chi connectivity index (χ1) is 10.1. The van der Waals surface area contributed by atoms with Gasteiger partial charge in [-0.2, -0.15) is 5.10 Å². The van der Waals surface area contributed by atoms with Crippen molar-refractivity contribution in [1.82, 2.24) is 20.4 Å². The third-order valence-corrected chi connectivity index (χ3v) is 4.61. The molecule has 122 valence electrons. The molecule has 3 heterocycles. The number of hydrogen-bond acceptors (Lipinski definition) is 5. The summed E-state index contributed by atoms with van der Waals surface area (Å²) in [6, 6.07) is 0. The minimum atomic E-state index is -0.539. The van der Waals surface area contributed by atoms with Gasteiger partial charge in [-0.25, -0.2) is 0 Å². The van der Waals surface area contributed by atoms with Crippen molar-refractivity contribution < 1.29 is 9.72 Å². The van der Waals surface area contributed by atoms with E-state index < -0.39 is 4.92 Å². The number of halogens is 1. The standard InChI is InChI=1S/C13H19N5O3.ClH/c1-8-12(18(20)21)11(16-15-8)13(19)17-4-2-9-6-14-7-10(9)3-5-17;/h9-10,14H,2-7H2,1H3,(H,15,16);1H/t9-,10+;. The van der Waals surface area contributed by atoms with Crippen LogP contribution >= 0.6 is 12.4 Å². The number of nitrogens with zero attached hydrogens (tertiary/aromatic N) is 3. The summed E-state index contributed by atoms with van der Waals surface area (Å²) in [5.74, 6) is 0.886. The number of nitrogens with one attached hydrogen (secondary N) is 2. The summed E-state index contributed by atoms with van der Waals surface area (Å²) in [4.78, 5) is 24.8. The predicted octanol–water partition coefficient (Wildman–Crippen LogP) is 1.12. The fourth-order valence-electron chi connectivity index (χ4n) is 3.37. The molecule has 0 bridgehead atoms. The molecule has 1 aromatic heterocycles. The molecule has 0 saturated carbocycles. The van der Waals surface area contributed by atoms with E-state index in [9.17, 15) is 14.9 Å². The first-order valence-corrected chi connectivity index (χ1v) is 7.27. The molecule has 0 spiro atoms. The molecule has 2 saturated heterocycles. The highest BCUT2D eigenvalue weighted by Crippen LogP contribution is 2.29. The summed E-state index contributed by atoms with van der Waals surface area (Å²) in [5.41, 5.74) is 0.0491. The van der Waals surface area contributed by atoms with Crippen LogP contribution in [-0.4, -0.2) is 52.1 Å². The first kappa shape index (κ1) is 16.7. The molecule has 2 atom stereocenters. The van der Waals surface area contributed by atoms with E-state index in [0.717, 1.165) is 25.9 Å². The highest BCUT2D eigenvalue weighted by Gasteiger charge is 2.35. The maximum absolute atomic E-state index is 12.5. The first-order valence-electron chi connectivity index (χ1n) is 7.27. The second-order valence-electron chi connectivity index (χ2n) is 5.85. The smallest absolute Gasteiger partial charge is 0.322 e. The topological polar surface area (TPSA) is 104 Å². The average molecular weight is 330 g/mol. The van der Waals surface area contributed by atoms with Crippen LogP contribution in [0.4, 0.5) is 5.69 Å². The maximum Gasteiger partial charge on any atom is 0.322 e. The third-order valence-electron chi connectivity index (χ3n) is 4.61. The van der Waals surface area contributed by atoms with Crippen molar-refractivity contribution in [2.45, 2.75) is 19.8 Å². The molecule has 3 rings (SSSR count). The van der Waals surface area contributed by atoms with Crippen LogP contribution < -0.4 is 5.32 Å². The molecule has 22 heavy (non-hydrogen) atoms. The largest absolute Gasteiger partial charge is 0.337 e. The van der Waals surface area contributed by atoms with E-state index in [1.807, 2.05) is 0 Å². The van der Waals surface area contributed by atoms with Crippen LogP contribution in [0.25, 0.3) is 0 Å². The number of aromatic nitrogens is 2. The molecule has 2 fully saturated rings. The van der Waals surface area contributed by atoms with E-state index >= 15 is 0 Å². The monoisotopic (exact) mass is 329 g/mol. The summed E-state index contributed by atoms with van der Waals surface area (Å²) in [5, 5.41) is 20.9. The Morgan fingerprint density at radius 3 is 2.45 bits per heavy atom. The van der Waals surface area contributed by atoms with Crippen LogP contribution in [0.5, 0.6) is 0 Å². The van der Waals surface area contributed by atoms with Crippen molar-refractivity contribution >= 4 is 24.0 Å². The lowest BCUT2D eigenvalue weighted by molar-refractivity contribution is -0.385. The number of nitro groups is 1. The van der Waals surface area contributed by atoms with Gasteiger partial charge < -0.3 is 10.2 Å². The van der Waals surface area contributed by atoms with Crippen LogP contribution in [0.1, 0.15) is 29.0 Å². The SMILES string of the molecule is Cc1[nH]nc(C(=O)N2CC[C@@H]3CNC[C@@H]3CC2)c1[N+](=O)[O-].Cl. The second-order valence-corrected chi connectivity index (χ2v) is 5.85. The lowest BCUT2D eigenvalue weighted by Crippen LogP contribution is -2.33. The van der Waals surface area contributed by atoms with Gasteiger partial charge in [0, 0.05) is 13.1 Å². The highest BCUT2D eigenvalue weighted by atomic mass is 35.5. The number of H-pyrrole nitrogens is 1. The summed E-state index contributed by atoms with van der Waals surface area (Å²) < 4.78 is 0. The fraction of sp³-hybridized carbons (Fsp3) is 0.692. The zero-order valence-corrected chi connectivity index (χ0v) is 13.2. The Bertz CT molecular complexity index is 562. The Labute approximate surface area is 134 Å². The maximum atomic E-state index is 12.5. The van der Waals surface area contributed by atoms with Crippen LogP contribution in [0.2, 0.25) is 0 Å². The minimum absolute atomic E-state index is 0. The number of amides is 1. The summed E-state index contributed by atoms with van der Waals surface area (Å²) in [7, 11) is 0. The van der Waals surface area contributed by atoms with Crippen LogP contribution in [0, 0.1) is 28.9 Å². The molecule has 0 aliphatic carbocycles. The van der Waals surface area contributed by atoms with E-state index in [-0.39, 0.29) is 29.7 Å².